The fourth-order valence-electron chi connectivity index (χ4n) is 1.82. The van der Waals surface area contributed by atoms with E-state index < -0.39 is 10.7 Å². The SMILES string of the molecule is N#CC(=C(Cl)c1cc(F)ccc1[N+](=O)[O-])c1ccccc1. The minimum absolute atomic E-state index is 0.0472. The third-order valence-corrected chi connectivity index (χ3v) is 3.18. The van der Waals surface area contributed by atoms with Gasteiger partial charge in [-0.2, -0.15) is 5.26 Å². The predicted octanol–water partition coefficient (Wildman–Crippen LogP) is 4.36. The molecule has 0 radical (unpaired) electrons. The van der Waals surface area contributed by atoms with Gasteiger partial charge in [0, 0.05) is 6.07 Å². The van der Waals surface area contributed by atoms with Gasteiger partial charge in [0.15, 0.2) is 0 Å². The Morgan fingerprint density at radius 2 is 1.90 bits per heavy atom. The number of halogens is 2. The number of hydrogen-bond acceptors (Lipinski definition) is 3. The van der Waals surface area contributed by atoms with Gasteiger partial charge < -0.3 is 0 Å². The molecule has 0 aliphatic rings. The average Bonchev–Trinajstić information content (AvgIpc) is 2.48. The van der Waals surface area contributed by atoms with Gasteiger partial charge >= 0.3 is 0 Å². The molecule has 0 saturated carbocycles. The number of nitro benzene ring substituents is 1. The molecule has 6 heteroatoms. The van der Waals surface area contributed by atoms with Crippen molar-refractivity contribution in [1.82, 2.24) is 0 Å². The van der Waals surface area contributed by atoms with Crippen LogP contribution in [0.5, 0.6) is 0 Å². The molecule has 0 aliphatic carbocycles. The molecule has 0 spiro atoms. The quantitative estimate of drug-likeness (QED) is 0.366. The smallest absolute Gasteiger partial charge is 0.258 e. The summed E-state index contributed by atoms with van der Waals surface area (Å²) in [5, 5.41) is 20.1. The van der Waals surface area contributed by atoms with Crippen LogP contribution in [0.2, 0.25) is 0 Å². The molecular weight excluding hydrogens is 295 g/mol. The number of nitriles is 1. The predicted molar refractivity (Wildman–Crippen MR) is 77.8 cm³/mol. The van der Waals surface area contributed by atoms with Crippen LogP contribution in [-0.4, -0.2) is 4.92 Å². The molecule has 0 saturated heterocycles. The van der Waals surface area contributed by atoms with E-state index in [0.717, 1.165) is 18.2 Å². The summed E-state index contributed by atoms with van der Waals surface area (Å²) in [6, 6.07) is 13.3. The zero-order valence-electron chi connectivity index (χ0n) is 10.6. The van der Waals surface area contributed by atoms with Gasteiger partial charge in [0.05, 0.1) is 21.1 Å². The van der Waals surface area contributed by atoms with Crippen LogP contribution in [-0.2, 0) is 0 Å². The fourth-order valence-corrected chi connectivity index (χ4v) is 2.13. The average molecular weight is 303 g/mol. The fraction of sp³-hybridized carbons (Fsp3) is 0. The van der Waals surface area contributed by atoms with E-state index in [2.05, 4.69) is 0 Å². The number of benzene rings is 2. The van der Waals surface area contributed by atoms with Crippen LogP contribution in [0.4, 0.5) is 10.1 Å². The Hall–Kier alpha value is -2.71. The van der Waals surface area contributed by atoms with Crippen molar-refractivity contribution in [3.8, 4) is 6.07 Å². The summed E-state index contributed by atoms with van der Waals surface area (Å²) >= 11 is 6.11. The maximum Gasteiger partial charge on any atom is 0.278 e. The first kappa shape index (κ1) is 14.7. The van der Waals surface area contributed by atoms with Crippen molar-refractivity contribution in [2.75, 3.05) is 0 Å². The first-order valence-electron chi connectivity index (χ1n) is 5.84. The Bertz CT molecular complexity index is 767. The molecule has 0 fully saturated rings. The van der Waals surface area contributed by atoms with Crippen molar-refractivity contribution in [2.24, 2.45) is 0 Å². The van der Waals surface area contributed by atoms with Gasteiger partial charge in [-0.3, -0.25) is 10.1 Å². The number of allylic oxidation sites excluding steroid dienone is 1. The number of hydrogen-bond donors (Lipinski definition) is 0. The van der Waals surface area contributed by atoms with Gasteiger partial charge in [-0.1, -0.05) is 41.9 Å². The van der Waals surface area contributed by atoms with Crippen molar-refractivity contribution in [1.29, 1.82) is 5.26 Å². The molecule has 2 aromatic carbocycles. The first-order valence-corrected chi connectivity index (χ1v) is 6.22. The number of nitro groups is 1. The van der Waals surface area contributed by atoms with E-state index in [1.54, 1.807) is 30.3 Å². The lowest BCUT2D eigenvalue weighted by Crippen LogP contribution is -1.95. The van der Waals surface area contributed by atoms with Gasteiger partial charge in [0.25, 0.3) is 5.69 Å². The minimum atomic E-state index is -0.670. The molecule has 2 aromatic rings. The third-order valence-electron chi connectivity index (χ3n) is 2.79. The van der Waals surface area contributed by atoms with Crippen molar-refractivity contribution >= 4 is 27.9 Å². The van der Waals surface area contributed by atoms with Crippen LogP contribution >= 0.6 is 11.6 Å². The molecule has 0 heterocycles. The van der Waals surface area contributed by atoms with Gasteiger partial charge in [-0.05, 0) is 17.7 Å². The Morgan fingerprint density at radius 3 is 2.48 bits per heavy atom. The lowest BCUT2D eigenvalue weighted by atomic mass is 10.0. The van der Waals surface area contributed by atoms with Crippen LogP contribution < -0.4 is 0 Å². The van der Waals surface area contributed by atoms with Crippen LogP contribution in [0.25, 0.3) is 10.6 Å². The third kappa shape index (κ3) is 3.07. The lowest BCUT2D eigenvalue weighted by Gasteiger charge is -2.05. The maximum absolute atomic E-state index is 13.4. The maximum atomic E-state index is 13.4. The molecule has 0 N–H and O–H groups in total. The molecule has 0 unspecified atom stereocenters. The normalized spacial score (nSPS) is 11.5. The summed E-state index contributed by atoms with van der Waals surface area (Å²) in [6.07, 6.45) is 0. The second-order valence-electron chi connectivity index (χ2n) is 4.09. The van der Waals surface area contributed by atoms with Crippen molar-refractivity contribution < 1.29 is 9.31 Å². The molecule has 0 aromatic heterocycles. The second-order valence-corrected chi connectivity index (χ2v) is 4.46. The van der Waals surface area contributed by atoms with Crippen LogP contribution in [0.15, 0.2) is 48.5 Å². The monoisotopic (exact) mass is 302 g/mol. The van der Waals surface area contributed by atoms with E-state index in [9.17, 15) is 19.8 Å². The topological polar surface area (TPSA) is 66.9 Å². The van der Waals surface area contributed by atoms with Crippen molar-refractivity contribution in [2.45, 2.75) is 0 Å². The number of rotatable bonds is 3. The summed E-state index contributed by atoms with van der Waals surface area (Å²) < 4.78 is 13.4. The van der Waals surface area contributed by atoms with E-state index in [4.69, 9.17) is 11.6 Å². The summed E-state index contributed by atoms with van der Waals surface area (Å²) in [7, 11) is 0. The standard InChI is InChI=1S/C15H8ClFN2O2/c16-15(13(9-18)10-4-2-1-3-5-10)12-8-11(17)6-7-14(12)19(20)21/h1-8H. The van der Waals surface area contributed by atoms with Crippen molar-refractivity contribution in [3.05, 3.63) is 75.6 Å². The molecule has 0 amide bonds. The Kier molecular flexibility index (Phi) is 4.31. The molecule has 0 atom stereocenters. The second kappa shape index (κ2) is 6.16. The van der Waals surface area contributed by atoms with E-state index in [1.165, 1.54) is 0 Å². The largest absolute Gasteiger partial charge is 0.278 e. The van der Waals surface area contributed by atoms with E-state index in [0.29, 0.717) is 5.56 Å². The summed E-state index contributed by atoms with van der Waals surface area (Å²) in [6.45, 7) is 0. The summed E-state index contributed by atoms with van der Waals surface area (Å²) in [4.78, 5) is 10.3. The van der Waals surface area contributed by atoms with Crippen LogP contribution in [0.1, 0.15) is 11.1 Å². The van der Waals surface area contributed by atoms with Crippen LogP contribution in [0, 0.1) is 27.3 Å². The molecular formula is C15H8ClFN2O2. The summed E-state index contributed by atoms with van der Waals surface area (Å²) in [5.74, 6) is -0.667. The first-order chi connectivity index (χ1) is 10.0. The lowest BCUT2D eigenvalue weighted by molar-refractivity contribution is -0.385. The zero-order chi connectivity index (χ0) is 15.4. The highest BCUT2D eigenvalue weighted by atomic mass is 35.5. The highest BCUT2D eigenvalue weighted by Crippen LogP contribution is 2.35. The summed E-state index contributed by atoms with van der Waals surface area (Å²) in [5.41, 5.74) is 0.0710. The van der Waals surface area contributed by atoms with Gasteiger partial charge in [-0.25, -0.2) is 4.39 Å². The van der Waals surface area contributed by atoms with Gasteiger partial charge in [0.1, 0.15) is 11.9 Å². The molecule has 104 valence electrons. The zero-order valence-corrected chi connectivity index (χ0v) is 11.3. The highest BCUT2D eigenvalue weighted by Gasteiger charge is 2.20. The van der Waals surface area contributed by atoms with E-state index in [-0.39, 0.29) is 21.9 Å². The van der Waals surface area contributed by atoms with Gasteiger partial charge in [-0.15, -0.1) is 0 Å². The van der Waals surface area contributed by atoms with E-state index >= 15 is 0 Å². The van der Waals surface area contributed by atoms with Gasteiger partial charge in [0.2, 0.25) is 0 Å². The van der Waals surface area contributed by atoms with E-state index in [1.807, 2.05) is 6.07 Å². The molecule has 2 rings (SSSR count). The highest BCUT2D eigenvalue weighted by molar-refractivity contribution is 6.53. The Balaban J connectivity index is 2.70. The molecule has 0 aliphatic heterocycles. The van der Waals surface area contributed by atoms with Crippen LogP contribution in [0.3, 0.4) is 0 Å². The molecule has 0 bridgehead atoms. The Morgan fingerprint density at radius 1 is 1.24 bits per heavy atom. The molecule has 4 nitrogen and oxygen atoms in total. The minimum Gasteiger partial charge on any atom is -0.258 e. The molecule has 21 heavy (non-hydrogen) atoms. The Labute approximate surface area is 124 Å². The van der Waals surface area contributed by atoms with Crippen molar-refractivity contribution in [3.63, 3.8) is 0 Å². The number of nitrogens with zero attached hydrogens (tertiary/aromatic N) is 2.